The fourth-order valence-electron chi connectivity index (χ4n) is 4.35. The van der Waals surface area contributed by atoms with Gasteiger partial charge in [0.2, 0.25) is 5.76 Å². The Balaban J connectivity index is 1.80. The van der Waals surface area contributed by atoms with Crippen molar-refractivity contribution in [2.24, 2.45) is 0 Å². The number of anilines is 1. The Bertz CT molecular complexity index is 1460. The Morgan fingerprint density at radius 1 is 1.00 bits per heavy atom. The zero-order valence-corrected chi connectivity index (χ0v) is 18.5. The van der Waals surface area contributed by atoms with Crippen LogP contribution in [0, 0.1) is 19.7 Å². The van der Waals surface area contributed by atoms with E-state index in [0.29, 0.717) is 34.6 Å². The molecule has 0 radical (unpaired) electrons. The van der Waals surface area contributed by atoms with E-state index in [9.17, 15) is 14.0 Å². The summed E-state index contributed by atoms with van der Waals surface area (Å²) in [5.41, 5.74) is 3.49. The van der Waals surface area contributed by atoms with E-state index >= 15 is 0 Å². The van der Waals surface area contributed by atoms with Crippen LogP contribution in [-0.4, -0.2) is 12.5 Å². The van der Waals surface area contributed by atoms with Gasteiger partial charge in [-0.1, -0.05) is 12.1 Å². The summed E-state index contributed by atoms with van der Waals surface area (Å²) in [6.45, 7) is 6.23. The first kappa shape index (κ1) is 20.9. The zero-order valence-electron chi connectivity index (χ0n) is 18.5. The smallest absolute Gasteiger partial charge is 0.295 e. The molecule has 1 unspecified atom stereocenters. The molecule has 0 saturated carbocycles. The zero-order chi connectivity index (χ0) is 23.3. The third-order valence-electron chi connectivity index (χ3n) is 6.08. The Morgan fingerprint density at radius 3 is 2.45 bits per heavy atom. The molecule has 5 nitrogen and oxygen atoms in total. The third kappa shape index (κ3) is 3.39. The van der Waals surface area contributed by atoms with Crippen LogP contribution < -0.4 is 15.1 Å². The first-order valence-corrected chi connectivity index (χ1v) is 10.8. The monoisotopic (exact) mass is 443 g/mol. The van der Waals surface area contributed by atoms with Gasteiger partial charge in [-0.05, 0) is 86.0 Å². The molecule has 2 heterocycles. The van der Waals surface area contributed by atoms with Crippen molar-refractivity contribution in [3.8, 4) is 5.75 Å². The van der Waals surface area contributed by atoms with Gasteiger partial charge in [-0.25, -0.2) is 4.39 Å². The minimum atomic E-state index is -0.736. The molecule has 33 heavy (non-hydrogen) atoms. The normalized spacial score (nSPS) is 15.2. The Morgan fingerprint density at radius 2 is 1.73 bits per heavy atom. The lowest BCUT2D eigenvalue weighted by Crippen LogP contribution is -2.29. The van der Waals surface area contributed by atoms with Gasteiger partial charge in [-0.15, -0.1) is 0 Å². The second-order valence-corrected chi connectivity index (χ2v) is 8.17. The fraction of sp³-hybridized carbons (Fsp3) is 0.185. The number of amides is 1. The quantitative estimate of drug-likeness (QED) is 0.406. The molecule has 0 saturated heterocycles. The maximum Gasteiger partial charge on any atom is 0.295 e. The minimum absolute atomic E-state index is 0.00638. The average Bonchev–Trinajstić information content (AvgIpc) is 3.09. The number of ether oxygens (including phenoxy) is 1. The Kier molecular flexibility index (Phi) is 5.01. The summed E-state index contributed by atoms with van der Waals surface area (Å²) in [6.07, 6.45) is 0. The van der Waals surface area contributed by atoms with Gasteiger partial charge in [-0.3, -0.25) is 14.5 Å². The number of fused-ring (bicyclic) bond motifs is 2. The molecular formula is C27H22FNO4. The maximum atomic E-state index is 13.7. The number of rotatable bonds is 4. The molecule has 0 spiro atoms. The predicted octanol–water partition coefficient (Wildman–Crippen LogP) is 5.70. The standard InChI is InChI=1S/C27H22FNO4/c1-4-32-20-7-5-6-17(14-20)24-23-25(30)21-12-15(2)16(3)13-22(21)33-26(23)27(31)29(24)19-10-8-18(28)9-11-19/h5-14,24H,4H2,1-3H3. The van der Waals surface area contributed by atoms with Crippen LogP contribution in [0.25, 0.3) is 11.0 Å². The summed E-state index contributed by atoms with van der Waals surface area (Å²) in [5.74, 6) is -0.220. The van der Waals surface area contributed by atoms with E-state index in [1.165, 1.54) is 29.2 Å². The highest BCUT2D eigenvalue weighted by Crippen LogP contribution is 2.42. The van der Waals surface area contributed by atoms with Gasteiger partial charge >= 0.3 is 0 Å². The molecule has 5 rings (SSSR count). The highest BCUT2D eigenvalue weighted by Gasteiger charge is 2.43. The van der Waals surface area contributed by atoms with Crippen LogP contribution in [0.1, 0.15) is 45.8 Å². The fourth-order valence-corrected chi connectivity index (χ4v) is 4.35. The van der Waals surface area contributed by atoms with E-state index < -0.39 is 17.8 Å². The van der Waals surface area contributed by atoms with Crippen LogP contribution in [0.5, 0.6) is 5.75 Å². The largest absolute Gasteiger partial charge is 0.494 e. The summed E-state index contributed by atoms with van der Waals surface area (Å²) in [7, 11) is 0. The summed E-state index contributed by atoms with van der Waals surface area (Å²) in [6, 6.07) is 15.8. The summed E-state index contributed by atoms with van der Waals surface area (Å²) in [4.78, 5) is 28.8. The van der Waals surface area contributed by atoms with Gasteiger partial charge in [0.25, 0.3) is 5.91 Å². The molecule has 6 heteroatoms. The van der Waals surface area contributed by atoms with Crippen molar-refractivity contribution in [2.75, 3.05) is 11.5 Å². The van der Waals surface area contributed by atoms with Crippen LogP contribution in [0.3, 0.4) is 0 Å². The molecular weight excluding hydrogens is 421 g/mol. The molecule has 1 aliphatic heterocycles. The van der Waals surface area contributed by atoms with E-state index in [-0.39, 0.29) is 16.8 Å². The molecule has 0 N–H and O–H groups in total. The van der Waals surface area contributed by atoms with Crippen molar-refractivity contribution in [1.82, 2.24) is 0 Å². The van der Waals surface area contributed by atoms with Gasteiger partial charge in [0.15, 0.2) is 5.43 Å². The lowest BCUT2D eigenvalue weighted by molar-refractivity contribution is 0.0971. The Labute approximate surface area is 190 Å². The van der Waals surface area contributed by atoms with E-state index in [1.807, 2.05) is 45.0 Å². The molecule has 4 aromatic rings. The lowest BCUT2D eigenvalue weighted by atomic mass is 9.97. The summed E-state index contributed by atoms with van der Waals surface area (Å²) in [5, 5.41) is 0.427. The summed E-state index contributed by atoms with van der Waals surface area (Å²) < 4.78 is 25.3. The number of carbonyl (C=O) groups is 1. The number of hydrogen-bond acceptors (Lipinski definition) is 4. The first-order valence-electron chi connectivity index (χ1n) is 10.8. The molecule has 0 bridgehead atoms. The van der Waals surface area contributed by atoms with Crippen molar-refractivity contribution in [3.05, 3.63) is 105 Å². The van der Waals surface area contributed by atoms with Crippen molar-refractivity contribution in [1.29, 1.82) is 0 Å². The van der Waals surface area contributed by atoms with Crippen LogP contribution in [-0.2, 0) is 0 Å². The van der Waals surface area contributed by atoms with E-state index in [4.69, 9.17) is 9.15 Å². The molecule has 0 fully saturated rings. The second-order valence-electron chi connectivity index (χ2n) is 8.17. The van der Waals surface area contributed by atoms with E-state index in [1.54, 1.807) is 12.1 Å². The molecule has 0 aliphatic carbocycles. The minimum Gasteiger partial charge on any atom is -0.494 e. The lowest BCUT2D eigenvalue weighted by Gasteiger charge is -2.25. The number of benzene rings is 3. The van der Waals surface area contributed by atoms with Gasteiger partial charge in [0.05, 0.1) is 23.6 Å². The maximum absolute atomic E-state index is 13.7. The topological polar surface area (TPSA) is 59.8 Å². The second kappa shape index (κ2) is 7.89. The van der Waals surface area contributed by atoms with Crippen LogP contribution in [0.2, 0.25) is 0 Å². The van der Waals surface area contributed by atoms with Gasteiger partial charge in [0, 0.05) is 5.69 Å². The van der Waals surface area contributed by atoms with Crippen molar-refractivity contribution in [2.45, 2.75) is 26.8 Å². The van der Waals surface area contributed by atoms with Crippen molar-refractivity contribution >= 4 is 22.6 Å². The number of hydrogen-bond donors (Lipinski definition) is 0. The molecule has 3 aromatic carbocycles. The third-order valence-corrected chi connectivity index (χ3v) is 6.08. The number of halogens is 1. The summed E-state index contributed by atoms with van der Waals surface area (Å²) >= 11 is 0. The molecule has 166 valence electrons. The van der Waals surface area contributed by atoms with Gasteiger partial charge in [0.1, 0.15) is 17.1 Å². The number of aryl methyl sites for hydroxylation is 2. The molecule has 1 atom stereocenters. The first-order chi connectivity index (χ1) is 15.9. The Hall–Kier alpha value is -3.93. The number of nitrogens with zero attached hydrogens (tertiary/aromatic N) is 1. The molecule has 1 aromatic heterocycles. The van der Waals surface area contributed by atoms with E-state index in [2.05, 4.69) is 0 Å². The SMILES string of the molecule is CCOc1cccc(C2c3c(oc4cc(C)c(C)cc4c3=O)C(=O)N2c2ccc(F)cc2)c1. The number of carbonyl (C=O) groups excluding carboxylic acids is 1. The van der Waals surface area contributed by atoms with E-state index in [0.717, 1.165) is 11.1 Å². The predicted molar refractivity (Wildman–Crippen MR) is 125 cm³/mol. The van der Waals surface area contributed by atoms with Crippen molar-refractivity contribution in [3.63, 3.8) is 0 Å². The average molecular weight is 443 g/mol. The van der Waals surface area contributed by atoms with Gasteiger partial charge in [-0.2, -0.15) is 0 Å². The van der Waals surface area contributed by atoms with Crippen molar-refractivity contribution < 1.29 is 18.3 Å². The highest BCUT2D eigenvalue weighted by atomic mass is 19.1. The highest BCUT2D eigenvalue weighted by molar-refractivity contribution is 6.10. The molecule has 1 aliphatic rings. The van der Waals surface area contributed by atoms with Gasteiger partial charge < -0.3 is 9.15 Å². The molecule has 1 amide bonds. The van der Waals surface area contributed by atoms with Crippen LogP contribution in [0.15, 0.2) is 69.9 Å². The van der Waals surface area contributed by atoms with Crippen LogP contribution in [0.4, 0.5) is 10.1 Å². The van der Waals surface area contributed by atoms with Crippen LogP contribution >= 0.6 is 0 Å².